The van der Waals surface area contributed by atoms with Gasteiger partial charge in [0.25, 0.3) is 0 Å². The average Bonchev–Trinajstić information content (AvgIpc) is 2.51. The van der Waals surface area contributed by atoms with Crippen LogP contribution in [0.4, 0.5) is 0 Å². The van der Waals surface area contributed by atoms with Crippen molar-refractivity contribution >= 4 is 37.9 Å². The van der Waals surface area contributed by atoms with Gasteiger partial charge in [0.15, 0.2) is 0 Å². The molecular formula is C34H107S3V3-3. The summed E-state index contributed by atoms with van der Waals surface area (Å²) >= 11 is 14.1. The van der Waals surface area contributed by atoms with Crippen LogP contribution in [0.25, 0.3) is 0 Å². The second kappa shape index (κ2) is 246. The van der Waals surface area contributed by atoms with Gasteiger partial charge in [0.1, 0.15) is 0 Å². The zero-order valence-corrected chi connectivity index (χ0v) is 21.0. The Hall–Kier alpha value is 2.80. The monoisotopic (exact) mass is 768 g/mol. The van der Waals surface area contributed by atoms with E-state index in [1.54, 1.807) is 0 Å². The van der Waals surface area contributed by atoms with Crippen LogP contribution in [0.2, 0.25) is 0 Å². The van der Waals surface area contributed by atoms with Gasteiger partial charge in [-0.05, 0) is 5.92 Å². The van der Waals surface area contributed by atoms with Gasteiger partial charge in [-0.2, -0.15) is 17.3 Å². The normalized spacial score (nSPS) is 7.80. The summed E-state index contributed by atoms with van der Waals surface area (Å²) in [6.07, 6.45) is 6.15. The molecule has 0 rings (SSSR count). The molecule has 3 radical (unpaired) electrons. The Labute approximate surface area is 331 Å². The van der Waals surface area contributed by atoms with Crippen LogP contribution in [-0.2, 0) is 93.6 Å². The topological polar surface area (TPSA) is 0 Å². The van der Waals surface area contributed by atoms with Crippen molar-refractivity contribution in [2.24, 2.45) is 5.92 Å². The third kappa shape index (κ3) is 339. The average molecular weight is 768 g/mol. The second-order valence-electron chi connectivity index (χ2n) is 4.21. The molecule has 0 aliphatic carbocycles. The predicted octanol–water partition coefficient (Wildman–Crippen LogP) is 16.9. The van der Waals surface area contributed by atoms with Crippen LogP contribution < -0.4 is 0 Å². The van der Waals surface area contributed by atoms with Gasteiger partial charge in [-0.1, -0.05) is 213 Å². The minimum atomic E-state index is 0. The van der Waals surface area contributed by atoms with Crippen LogP contribution in [0, 0.1) is 5.92 Å². The van der Waals surface area contributed by atoms with Gasteiger partial charge >= 0.3 is 0 Å². The molecule has 279 valence electrons. The number of rotatable bonds is 9. The van der Waals surface area contributed by atoms with Crippen molar-refractivity contribution in [1.82, 2.24) is 0 Å². The third-order valence-corrected chi connectivity index (χ3v) is 3.11. The Morgan fingerprint density at radius 3 is 0.875 bits per heavy atom. The van der Waals surface area contributed by atoms with Gasteiger partial charge in [0.2, 0.25) is 0 Å². The van der Waals surface area contributed by atoms with Crippen molar-refractivity contribution in [3.63, 3.8) is 0 Å². The molecule has 0 aromatic carbocycles. The van der Waals surface area contributed by atoms with Crippen LogP contribution in [-0.4, -0.2) is 17.3 Å². The molecule has 0 aromatic heterocycles. The number of hydrogen-bond donors (Lipinski definition) is 0. The van der Waals surface area contributed by atoms with E-state index in [0.717, 1.165) is 55.8 Å². The Balaban J connectivity index is -0.00000000461. The van der Waals surface area contributed by atoms with E-state index in [1.807, 2.05) is 13.8 Å². The first-order valence-electron chi connectivity index (χ1n) is 9.17. The first-order valence-corrected chi connectivity index (χ1v) is 9.04. The Morgan fingerprint density at radius 1 is 0.500 bits per heavy atom. The van der Waals surface area contributed by atoms with E-state index >= 15 is 0 Å². The molecule has 0 N–H and O–H groups in total. The van der Waals surface area contributed by atoms with Crippen molar-refractivity contribution in [2.75, 3.05) is 17.3 Å². The summed E-state index contributed by atoms with van der Waals surface area (Å²) in [6, 6.07) is 0. The standard InChI is InChI=1S/C6H14S.2C5H12S.18CH4.3V/c1-3-6(2)4-5-7;2*1-2-3-4-5-6;;;;;;;;;;;;;;;;;;;;;/h6-7H,3-5H2,1-2H3;2*6H,2-5H2,1H3;18*1H4;;;/p-3/i2D;3D;2D;;;;;;;;;;;;;;;;;;;;;. The fourth-order valence-corrected chi connectivity index (χ4v) is 1.61. The van der Waals surface area contributed by atoms with Crippen molar-refractivity contribution in [3.05, 3.63) is 0 Å². The van der Waals surface area contributed by atoms with Gasteiger partial charge < -0.3 is 37.9 Å². The summed E-state index contributed by atoms with van der Waals surface area (Å²) in [7, 11) is 0. The summed E-state index contributed by atoms with van der Waals surface area (Å²) < 4.78 is 21.2. The maximum atomic E-state index is 7.15. The smallest absolute Gasteiger partial charge is 0.0266 e. The van der Waals surface area contributed by atoms with Gasteiger partial charge in [-0.25, -0.2) is 0 Å². The van der Waals surface area contributed by atoms with Crippen molar-refractivity contribution in [3.8, 4) is 0 Å². The van der Waals surface area contributed by atoms with Crippen molar-refractivity contribution in [1.29, 1.82) is 0 Å². The number of hydrogen-bond acceptors (Lipinski definition) is 3. The summed E-state index contributed by atoms with van der Waals surface area (Å²) in [5.41, 5.74) is 0. The van der Waals surface area contributed by atoms with Crippen LogP contribution in [0.15, 0.2) is 0 Å². The molecule has 6 heteroatoms. The van der Waals surface area contributed by atoms with Gasteiger partial charge in [0, 0.05) is 59.8 Å². The van der Waals surface area contributed by atoms with E-state index in [2.05, 4.69) is 32.2 Å². The molecule has 0 amide bonds. The quantitative estimate of drug-likeness (QED) is 0.215. The molecule has 0 saturated carbocycles. The summed E-state index contributed by atoms with van der Waals surface area (Å²) in [6.45, 7) is 6.57. The zero-order valence-electron chi connectivity index (χ0n) is 17.4. The molecule has 0 saturated heterocycles. The Bertz CT molecular complexity index is 202. The maximum Gasteiger partial charge on any atom is 0.0266 e. The fraction of sp³-hybridized carbons (Fsp3) is 1.00. The first-order chi connectivity index (χ1) is 10.4. The summed E-state index contributed by atoms with van der Waals surface area (Å²) in [4.78, 5) is 0. The Morgan fingerprint density at radius 2 is 0.800 bits per heavy atom. The molecule has 0 aliphatic heterocycles. The van der Waals surface area contributed by atoms with Crippen LogP contribution in [0.5, 0.6) is 0 Å². The molecule has 0 fully saturated rings. The van der Waals surface area contributed by atoms with Gasteiger partial charge in [0.05, 0.1) is 0 Å². The van der Waals surface area contributed by atoms with E-state index in [9.17, 15) is 0 Å². The third-order valence-electron chi connectivity index (χ3n) is 2.35. The van der Waals surface area contributed by atoms with E-state index in [4.69, 9.17) is 16.7 Å². The van der Waals surface area contributed by atoms with Gasteiger partial charge in [-0.15, -0.1) is 0 Å². The van der Waals surface area contributed by atoms with Crippen LogP contribution >= 0.6 is 0 Å². The molecule has 40 heavy (non-hydrogen) atoms. The van der Waals surface area contributed by atoms with E-state index in [-0.39, 0.29) is 202 Å². The predicted molar refractivity (Wildman–Crippen MR) is 221 cm³/mol. The Kier molecular flexibility index (Phi) is 970. The fourth-order valence-electron chi connectivity index (χ4n) is 0.946. The molecule has 3 atom stereocenters. The molecule has 0 bridgehead atoms. The van der Waals surface area contributed by atoms with Crippen molar-refractivity contribution < 1.29 is 59.8 Å². The molecule has 0 heterocycles. The van der Waals surface area contributed by atoms with Crippen molar-refractivity contribution in [2.45, 2.75) is 213 Å². The SMILES string of the molecule is C.C.C.C.C.C.C.C.C.C.C.C.C.C.C.C.C.C.[2H]C(C)CCC[S-].[2H]C(CC)CC[S-].[2H]CC(CC)CC[S-].[V].[V].[V]. The summed E-state index contributed by atoms with van der Waals surface area (Å²) in [5, 5.41) is 0. The molecule has 0 nitrogen and oxygen atoms in total. The van der Waals surface area contributed by atoms with Gasteiger partial charge in [-0.3, -0.25) is 0 Å². The maximum absolute atomic E-state index is 7.15. The zero-order chi connectivity index (χ0) is 17.8. The first kappa shape index (κ1) is 157. The minimum absolute atomic E-state index is 0. The second-order valence-corrected chi connectivity index (χ2v) is 5.44. The van der Waals surface area contributed by atoms with Crippen LogP contribution in [0.3, 0.4) is 0 Å². The molecule has 0 spiro atoms. The van der Waals surface area contributed by atoms with E-state index in [0.29, 0.717) is 12.8 Å². The molecular weight excluding hydrogens is 657 g/mol. The largest absolute Gasteiger partial charge is 0.793 e. The van der Waals surface area contributed by atoms with Crippen LogP contribution in [0.1, 0.15) is 217 Å². The molecule has 3 unspecified atom stereocenters. The molecule has 0 aromatic rings. The molecule has 0 aliphatic rings. The minimum Gasteiger partial charge on any atom is -0.793 e. The van der Waals surface area contributed by atoms with E-state index in [1.165, 1.54) is 0 Å². The summed E-state index contributed by atoms with van der Waals surface area (Å²) in [5.74, 6) is 2.93. The van der Waals surface area contributed by atoms with E-state index < -0.39 is 0 Å².